The minimum absolute atomic E-state index is 0.0403. The van der Waals surface area contributed by atoms with Crippen LogP contribution < -0.4 is 10.5 Å². The van der Waals surface area contributed by atoms with Crippen LogP contribution in [-0.4, -0.2) is 27.9 Å². The number of alkyl halides is 3. The zero-order chi connectivity index (χ0) is 23.5. The molecule has 3 N–H and O–H groups in total. The fraction of sp³-hybridized carbons (Fsp3) is 0.238. The summed E-state index contributed by atoms with van der Waals surface area (Å²) in [6.07, 6.45) is -4.16. The normalized spacial score (nSPS) is 11.4. The molecule has 0 saturated heterocycles. The van der Waals surface area contributed by atoms with E-state index in [0.29, 0.717) is 22.6 Å². The Kier molecular flexibility index (Phi) is 6.68. The third-order valence-corrected chi connectivity index (χ3v) is 4.53. The lowest BCUT2D eigenvalue weighted by Gasteiger charge is -2.13. The van der Waals surface area contributed by atoms with Crippen molar-refractivity contribution in [3.05, 3.63) is 70.9 Å². The molecule has 2 amide bonds. The van der Waals surface area contributed by atoms with E-state index in [0.717, 1.165) is 18.2 Å². The number of amides is 2. The number of carbonyl (C=O) groups is 1. The topological polar surface area (TPSA) is 102 Å². The standard InChI is InChI=1S/C21H19F4N3O4/c1-12-17(27-19(32-12)14-3-5-15(6-4-14)21(23,24)25)8-9-31-18-7-2-13(10-16(18)22)11-28(30)20(26)29/h2-7,10,30H,8-9,11H2,1H3,(H2,26,29). The van der Waals surface area contributed by atoms with E-state index in [1.807, 2.05) is 0 Å². The monoisotopic (exact) mass is 453 g/mol. The van der Waals surface area contributed by atoms with Gasteiger partial charge in [0.15, 0.2) is 11.6 Å². The zero-order valence-corrected chi connectivity index (χ0v) is 16.8. The summed E-state index contributed by atoms with van der Waals surface area (Å²) in [4.78, 5) is 15.1. The summed E-state index contributed by atoms with van der Waals surface area (Å²) in [5.74, 6) is -0.0947. The van der Waals surface area contributed by atoms with E-state index in [4.69, 9.17) is 14.9 Å². The van der Waals surface area contributed by atoms with E-state index in [9.17, 15) is 27.6 Å². The highest BCUT2D eigenvalue weighted by Gasteiger charge is 2.30. The fourth-order valence-electron chi connectivity index (χ4n) is 2.85. The summed E-state index contributed by atoms with van der Waals surface area (Å²) < 4.78 is 63.2. The van der Waals surface area contributed by atoms with Gasteiger partial charge in [-0.05, 0) is 48.9 Å². The molecule has 3 rings (SSSR count). The summed E-state index contributed by atoms with van der Waals surface area (Å²) in [7, 11) is 0. The number of carbonyl (C=O) groups excluding carboxylic acids is 1. The molecular formula is C21H19F4N3O4. The molecule has 0 aliphatic carbocycles. The Labute approximate surface area is 180 Å². The lowest BCUT2D eigenvalue weighted by Crippen LogP contribution is -2.32. The Morgan fingerprint density at radius 3 is 2.50 bits per heavy atom. The first-order chi connectivity index (χ1) is 15.0. The van der Waals surface area contributed by atoms with Gasteiger partial charge in [-0.2, -0.15) is 13.2 Å². The molecule has 0 bridgehead atoms. The molecule has 0 spiro atoms. The van der Waals surface area contributed by atoms with Gasteiger partial charge in [0.1, 0.15) is 5.76 Å². The molecule has 0 radical (unpaired) electrons. The van der Waals surface area contributed by atoms with Gasteiger partial charge in [0.25, 0.3) is 0 Å². The van der Waals surface area contributed by atoms with E-state index in [2.05, 4.69) is 4.98 Å². The van der Waals surface area contributed by atoms with Crippen LogP contribution in [0.4, 0.5) is 22.4 Å². The molecule has 0 atom stereocenters. The van der Waals surface area contributed by atoms with Crippen LogP contribution in [0.5, 0.6) is 5.75 Å². The van der Waals surface area contributed by atoms with E-state index in [1.165, 1.54) is 24.3 Å². The highest BCUT2D eigenvalue weighted by atomic mass is 19.4. The third-order valence-electron chi connectivity index (χ3n) is 4.53. The summed E-state index contributed by atoms with van der Waals surface area (Å²) in [5, 5.41) is 9.55. The quantitative estimate of drug-likeness (QED) is 0.307. The number of aromatic nitrogens is 1. The average molecular weight is 453 g/mol. The van der Waals surface area contributed by atoms with Crippen LogP contribution in [0.15, 0.2) is 46.9 Å². The molecule has 1 heterocycles. The van der Waals surface area contributed by atoms with Crippen molar-refractivity contribution in [3.63, 3.8) is 0 Å². The van der Waals surface area contributed by atoms with Crippen LogP contribution in [0.3, 0.4) is 0 Å². The number of benzene rings is 2. The summed E-state index contributed by atoms with van der Waals surface area (Å²) in [5.41, 5.74) is 5.36. The predicted molar refractivity (Wildman–Crippen MR) is 104 cm³/mol. The lowest BCUT2D eigenvalue weighted by atomic mass is 10.1. The molecule has 170 valence electrons. The Balaban J connectivity index is 1.61. The summed E-state index contributed by atoms with van der Waals surface area (Å²) >= 11 is 0. The van der Waals surface area contributed by atoms with Crippen molar-refractivity contribution in [3.8, 4) is 17.2 Å². The number of nitrogens with two attached hydrogens (primary N) is 1. The highest BCUT2D eigenvalue weighted by molar-refractivity contribution is 5.70. The van der Waals surface area contributed by atoms with Crippen LogP contribution in [0.1, 0.15) is 22.6 Å². The molecule has 11 heteroatoms. The summed E-state index contributed by atoms with van der Waals surface area (Å²) in [6.45, 7) is 1.44. The Morgan fingerprint density at radius 2 is 1.91 bits per heavy atom. The number of hydrogen-bond donors (Lipinski definition) is 2. The van der Waals surface area contributed by atoms with Gasteiger partial charge >= 0.3 is 12.2 Å². The number of primary amides is 1. The van der Waals surface area contributed by atoms with Crippen LogP contribution in [0.25, 0.3) is 11.5 Å². The van der Waals surface area contributed by atoms with Gasteiger partial charge in [-0.25, -0.2) is 19.2 Å². The zero-order valence-electron chi connectivity index (χ0n) is 16.8. The number of hydroxylamine groups is 2. The minimum Gasteiger partial charge on any atom is -0.490 e. The van der Waals surface area contributed by atoms with E-state index >= 15 is 0 Å². The van der Waals surface area contributed by atoms with Crippen molar-refractivity contribution in [2.75, 3.05) is 6.61 Å². The SMILES string of the molecule is Cc1oc(-c2ccc(C(F)(F)F)cc2)nc1CCOc1ccc(CN(O)C(N)=O)cc1F. The smallest absolute Gasteiger partial charge is 0.416 e. The van der Waals surface area contributed by atoms with Gasteiger partial charge in [-0.3, -0.25) is 5.21 Å². The van der Waals surface area contributed by atoms with Crippen molar-refractivity contribution in [2.24, 2.45) is 5.73 Å². The van der Waals surface area contributed by atoms with Crippen LogP contribution in [0, 0.1) is 12.7 Å². The molecule has 7 nitrogen and oxygen atoms in total. The van der Waals surface area contributed by atoms with Crippen molar-refractivity contribution in [1.82, 2.24) is 10.0 Å². The van der Waals surface area contributed by atoms with E-state index in [-0.39, 0.29) is 36.3 Å². The number of aryl methyl sites for hydroxylation is 1. The Hall–Kier alpha value is -3.60. The number of nitrogens with zero attached hydrogens (tertiary/aromatic N) is 2. The lowest BCUT2D eigenvalue weighted by molar-refractivity contribution is -0.137. The van der Waals surface area contributed by atoms with Crippen molar-refractivity contribution >= 4 is 6.03 Å². The molecule has 0 fully saturated rings. The molecule has 1 aromatic heterocycles. The van der Waals surface area contributed by atoms with E-state index in [1.54, 1.807) is 6.92 Å². The molecule has 2 aromatic carbocycles. The number of halogens is 4. The van der Waals surface area contributed by atoms with Gasteiger partial charge in [0.2, 0.25) is 5.89 Å². The molecule has 0 aliphatic rings. The molecule has 0 saturated carbocycles. The minimum atomic E-state index is -4.43. The average Bonchev–Trinajstić information content (AvgIpc) is 3.09. The molecule has 0 unspecified atom stereocenters. The number of ether oxygens (including phenoxy) is 1. The first kappa shape index (κ1) is 23.1. The van der Waals surface area contributed by atoms with E-state index < -0.39 is 23.6 Å². The molecule has 0 aliphatic heterocycles. The van der Waals surface area contributed by atoms with Crippen molar-refractivity contribution < 1.29 is 36.7 Å². The fourth-order valence-corrected chi connectivity index (χ4v) is 2.85. The van der Waals surface area contributed by atoms with Crippen LogP contribution in [-0.2, 0) is 19.1 Å². The maximum atomic E-state index is 14.2. The maximum Gasteiger partial charge on any atom is 0.416 e. The largest absolute Gasteiger partial charge is 0.490 e. The Morgan fingerprint density at radius 1 is 1.22 bits per heavy atom. The first-order valence-corrected chi connectivity index (χ1v) is 9.35. The number of oxazole rings is 1. The number of rotatable bonds is 7. The van der Waals surface area contributed by atoms with Gasteiger partial charge in [-0.15, -0.1) is 0 Å². The second kappa shape index (κ2) is 9.27. The van der Waals surface area contributed by atoms with Crippen molar-refractivity contribution in [2.45, 2.75) is 26.1 Å². The van der Waals surface area contributed by atoms with Crippen LogP contribution in [0.2, 0.25) is 0 Å². The second-order valence-corrected chi connectivity index (χ2v) is 6.86. The second-order valence-electron chi connectivity index (χ2n) is 6.86. The number of hydrogen-bond acceptors (Lipinski definition) is 5. The van der Waals surface area contributed by atoms with Crippen molar-refractivity contribution in [1.29, 1.82) is 0 Å². The summed E-state index contributed by atoms with van der Waals surface area (Å²) in [6, 6.07) is 7.30. The molecule has 32 heavy (non-hydrogen) atoms. The first-order valence-electron chi connectivity index (χ1n) is 9.35. The maximum absolute atomic E-state index is 14.2. The van der Waals surface area contributed by atoms with Gasteiger partial charge < -0.3 is 14.9 Å². The number of urea groups is 1. The molecule has 3 aromatic rings. The molecular weight excluding hydrogens is 434 g/mol. The van der Waals surface area contributed by atoms with Gasteiger partial charge in [0, 0.05) is 12.0 Å². The predicted octanol–water partition coefficient (Wildman–Crippen LogP) is 4.70. The van der Waals surface area contributed by atoms with Gasteiger partial charge in [-0.1, -0.05) is 6.07 Å². The van der Waals surface area contributed by atoms with Gasteiger partial charge in [0.05, 0.1) is 24.4 Å². The third kappa shape index (κ3) is 5.55. The van der Waals surface area contributed by atoms with Crippen LogP contribution >= 0.6 is 0 Å². The Bertz CT molecular complexity index is 1100. The highest BCUT2D eigenvalue weighted by Crippen LogP contribution is 2.31.